The smallest absolute Gasteiger partial charge is 0.166 e. The van der Waals surface area contributed by atoms with Gasteiger partial charge in [0.05, 0.1) is 0 Å². The van der Waals surface area contributed by atoms with E-state index in [-0.39, 0.29) is 0 Å². The zero-order valence-corrected chi connectivity index (χ0v) is 10.5. The van der Waals surface area contributed by atoms with Crippen molar-refractivity contribution < 1.29 is 4.79 Å². The molecule has 1 saturated carbocycles. The van der Waals surface area contributed by atoms with Crippen LogP contribution in [0.1, 0.15) is 48.5 Å². The van der Waals surface area contributed by atoms with Gasteiger partial charge in [0.15, 0.2) is 5.78 Å². The Kier molecular flexibility index (Phi) is 2.78. The van der Waals surface area contributed by atoms with Gasteiger partial charge in [-0.3, -0.25) is 4.79 Å². The van der Waals surface area contributed by atoms with Crippen LogP contribution in [-0.2, 0) is 6.42 Å². The number of hydrogen-bond donors (Lipinski definition) is 0. The van der Waals surface area contributed by atoms with E-state index in [9.17, 15) is 4.79 Å². The van der Waals surface area contributed by atoms with E-state index < -0.39 is 0 Å². The van der Waals surface area contributed by atoms with Gasteiger partial charge in [0, 0.05) is 11.5 Å². The summed E-state index contributed by atoms with van der Waals surface area (Å²) in [5, 5.41) is 0. The molecule has 0 amide bonds. The first-order valence-corrected chi connectivity index (χ1v) is 6.88. The Labute approximate surface area is 103 Å². The molecule has 0 saturated heterocycles. The first-order chi connectivity index (χ1) is 8.25. The van der Waals surface area contributed by atoms with E-state index in [1.54, 1.807) is 0 Å². The van der Waals surface area contributed by atoms with Gasteiger partial charge < -0.3 is 0 Å². The summed E-state index contributed by atoms with van der Waals surface area (Å²) in [5.41, 5.74) is 2.28. The van der Waals surface area contributed by atoms with E-state index in [2.05, 4.69) is 19.1 Å². The zero-order valence-electron chi connectivity index (χ0n) is 10.5. The summed E-state index contributed by atoms with van der Waals surface area (Å²) in [6.07, 6.45) is 6.13. The molecule has 2 aliphatic carbocycles. The van der Waals surface area contributed by atoms with Crippen LogP contribution in [0.25, 0.3) is 0 Å². The van der Waals surface area contributed by atoms with Crippen molar-refractivity contribution in [3.05, 3.63) is 35.4 Å². The van der Waals surface area contributed by atoms with Crippen molar-refractivity contribution in [1.29, 1.82) is 0 Å². The molecule has 0 radical (unpaired) electrons. The monoisotopic (exact) mass is 228 g/mol. The highest BCUT2D eigenvalue weighted by atomic mass is 16.1. The fourth-order valence-electron chi connectivity index (χ4n) is 3.54. The Balaban J connectivity index is 1.78. The summed E-state index contributed by atoms with van der Waals surface area (Å²) >= 11 is 0. The lowest BCUT2D eigenvalue weighted by Gasteiger charge is -2.29. The maximum Gasteiger partial charge on any atom is 0.166 e. The summed E-state index contributed by atoms with van der Waals surface area (Å²) in [4.78, 5) is 12.4. The minimum absolute atomic E-state index is 0.292. The Hall–Kier alpha value is -1.11. The minimum atomic E-state index is 0.292. The molecule has 3 rings (SSSR count). The second kappa shape index (κ2) is 4.29. The quantitative estimate of drug-likeness (QED) is 0.713. The first kappa shape index (κ1) is 11.0. The van der Waals surface area contributed by atoms with Crippen LogP contribution in [0.4, 0.5) is 0 Å². The van der Waals surface area contributed by atoms with Crippen LogP contribution in [0, 0.1) is 17.8 Å². The number of benzene rings is 1. The summed E-state index contributed by atoms with van der Waals surface area (Å²) in [6, 6.07) is 8.17. The Morgan fingerprint density at radius 1 is 1.06 bits per heavy atom. The molecule has 17 heavy (non-hydrogen) atoms. The third-order valence-electron chi connectivity index (χ3n) is 4.69. The molecular weight excluding hydrogens is 208 g/mol. The molecule has 0 aliphatic heterocycles. The van der Waals surface area contributed by atoms with Gasteiger partial charge in [-0.15, -0.1) is 0 Å². The van der Waals surface area contributed by atoms with Crippen molar-refractivity contribution in [3.63, 3.8) is 0 Å². The highest BCUT2D eigenvalue weighted by molar-refractivity contribution is 6.02. The Morgan fingerprint density at radius 3 is 2.47 bits per heavy atom. The molecular formula is C16H20O. The van der Waals surface area contributed by atoms with Gasteiger partial charge in [0.2, 0.25) is 0 Å². The van der Waals surface area contributed by atoms with Crippen LogP contribution in [0.2, 0.25) is 0 Å². The largest absolute Gasteiger partial charge is 0.294 e. The topological polar surface area (TPSA) is 17.1 Å². The lowest BCUT2D eigenvalue weighted by Crippen LogP contribution is -2.25. The predicted octanol–water partition coefficient (Wildman–Crippen LogP) is 3.87. The maximum atomic E-state index is 12.4. The normalized spacial score (nSPS) is 32.5. The molecule has 0 aromatic heterocycles. The number of carbonyl (C=O) groups excluding carboxylic acids is 1. The third kappa shape index (κ3) is 1.92. The fraction of sp³-hybridized carbons (Fsp3) is 0.562. The van der Waals surface area contributed by atoms with Crippen molar-refractivity contribution in [3.8, 4) is 0 Å². The number of Topliss-reactive ketones (excluding diaryl/α,β-unsaturated/α-hetero) is 1. The van der Waals surface area contributed by atoms with Crippen molar-refractivity contribution in [2.24, 2.45) is 17.8 Å². The number of rotatable bonds is 1. The van der Waals surface area contributed by atoms with Gasteiger partial charge in [0.25, 0.3) is 0 Å². The lowest BCUT2D eigenvalue weighted by molar-refractivity contribution is 0.0856. The minimum Gasteiger partial charge on any atom is -0.294 e. The van der Waals surface area contributed by atoms with E-state index in [0.717, 1.165) is 17.9 Å². The first-order valence-electron chi connectivity index (χ1n) is 6.88. The highest BCUT2D eigenvalue weighted by Crippen LogP contribution is 2.39. The second-order valence-electron chi connectivity index (χ2n) is 5.85. The molecule has 90 valence electrons. The van der Waals surface area contributed by atoms with E-state index in [4.69, 9.17) is 0 Å². The van der Waals surface area contributed by atoms with Gasteiger partial charge in [-0.25, -0.2) is 0 Å². The number of carbonyl (C=O) groups is 1. The maximum absolute atomic E-state index is 12.4. The molecule has 0 bridgehead atoms. The average molecular weight is 228 g/mol. The van der Waals surface area contributed by atoms with Crippen molar-refractivity contribution >= 4 is 5.78 Å². The molecule has 1 unspecified atom stereocenters. The van der Waals surface area contributed by atoms with Gasteiger partial charge in [-0.05, 0) is 36.7 Å². The van der Waals surface area contributed by atoms with Gasteiger partial charge in [-0.2, -0.15) is 0 Å². The van der Waals surface area contributed by atoms with Crippen LogP contribution in [-0.4, -0.2) is 5.78 Å². The van der Waals surface area contributed by atoms with Crippen molar-refractivity contribution in [2.45, 2.75) is 39.0 Å². The highest BCUT2D eigenvalue weighted by Gasteiger charge is 2.36. The molecule has 1 nitrogen and oxygen atoms in total. The van der Waals surface area contributed by atoms with E-state index in [1.165, 1.54) is 31.2 Å². The average Bonchev–Trinajstić information content (AvgIpc) is 2.69. The summed E-state index contributed by atoms with van der Waals surface area (Å²) in [5.74, 6) is 2.22. The summed E-state index contributed by atoms with van der Waals surface area (Å²) < 4.78 is 0. The molecule has 1 aromatic rings. The van der Waals surface area contributed by atoms with E-state index in [1.807, 2.05) is 12.1 Å². The third-order valence-corrected chi connectivity index (χ3v) is 4.69. The molecule has 0 spiro atoms. The molecule has 1 fully saturated rings. The zero-order chi connectivity index (χ0) is 11.8. The van der Waals surface area contributed by atoms with Crippen LogP contribution in [0.15, 0.2) is 24.3 Å². The Bertz CT molecular complexity index is 427. The van der Waals surface area contributed by atoms with Crippen LogP contribution in [0.3, 0.4) is 0 Å². The molecule has 1 heteroatoms. The predicted molar refractivity (Wildman–Crippen MR) is 69.1 cm³/mol. The second-order valence-corrected chi connectivity index (χ2v) is 5.85. The SMILES string of the molecule is CC1CCC(C2Cc3ccccc3C2=O)CC1. The Morgan fingerprint density at radius 2 is 1.76 bits per heavy atom. The molecule has 0 N–H and O–H groups in total. The van der Waals surface area contributed by atoms with Crippen LogP contribution < -0.4 is 0 Å². The molecule has 1 aromatic carbocycles. The van der Waals surface area contributed by atoms with Crippen molar-refractivity contribution in [2.75, 3.05) is 0 Å². The number of ketones is 1. The molecule has 2 aliphatic rings. The van der Waals surface area contributed by atoms with Crippen molar-refractivity contribution in [1.82, 2.24) is 0 Å². The summed E-state index contributed by atoms with van der Waals surface area (Å²) in [7, 11) is 0. The molecule has 0 heterocycles. The summed E-state index contributed by atoms with van der Waals surface area (Å²) in [6.45, 7) is 2.33. The lowest BCUT2D eigenvalue weighted by atomic mass is 9.75. The molecule has 1 atom stereocenters. The number of fused-ring (bicyclic) bond motifs is 1. The van der Waals surface area contributed by atoms with E-state index in [0.29, 0.717) is 17.6 Å². The van der Waals surface area contributed by atoms with Gasteiger partial charge >= 0.3 is 0 Å². The van der Waals surface area contributed by atoms with Crippen LogP contribution >= 0.6 is 0 Å². The van der Waals surface area contributed by atoms with Gasteiger partial charge in [0.1, 0.15) is 0 Å². The van der Waals surface area contributed by atoms with E-state index >= 15 is 0 Å². The number of hydrogen-bond acceptors (Lipinski definition) is 1. The standard InChI is InChI=1S/C16H20O/c1-11-6-8-12(9-7-11)15-10-13-4-2-3-5-14(13)16(15)17/h2-5,11-12,15H,6-10H2,1H3. The fourth-order valence-corrected chi connectivity index (χ4v) is 3.54. The van der Waals surface area contributed by atoms with Gasteiger partial charge in [-0.1, -0.05) is 44.0 Å². The van der Waals surface area contributed by atoms with Crippen LogP contribution in [0.5, 0.6) is 0 Å².